The molecule has 3 fully saturated rings. The zero-order valence-corrected chi connectivity index (χ0v) is 12.0. The minimum atomic E-state index is -0.733. The van der Waals surface area contributed by atoms with Crippen LogP contribution in [0.2, 0.25) is 0 Å². The van der Waals surface area contributed by atoms with E-state index in [9.17, 15) is 0 Å². The largest absolute Gasteiger partial charge is 0.344 e. The Morgan fingerprint density at radius 3 is 2.25 bits per heavy atom. The summed E-state index contributed by atoms with van der Waals surface area (Å²) in [4.78, 5) is 2.77. The van der Waals surface area contributed by atoms with Gasteiger partial charge in [-0.2, -0.15) is 0 Å². The average Bonchev–Trinajstić information content (AvgIpc) is 2.80. The first-order chi connectivity index (χ1) is 9.31. The molecule has 112 valence electrons. The van der Waals surface area contributed by atoms with Crippen molar-refractivity contribution in [2.75, 3.05) is 6.54 Å². The fourth-order valence-electron chi connectivity index (χ4n) is 2.96. The Labute approximate surface area is 116 Å². The van der Waals surface area contributed by atoms with E-state index in [0.29, 0.717) is 0 Å². The molecule has 0 bridgehead atoms. The number of rotatable bonds is 2. The van der Waals surface area contributed by atoms with Gasteiger partial charge in [0.05, 0.1) is 12.6 Å². The summed E-state index contributed by atoms with van der Waals surface area (Å²) in [6, 6.07) is 0. The molecule has 0 unspecified atom stereocenters. The van der Waals surface area contributed by atoms with Gasteiger partial charge in [-0.15, -0.1) is 0 Å². The fraction of sp³-hybridized carbons (Fsp3) is 1.00. The van der Waals surface area contributed by atoms with Crippen molar-refractivity contribution in [3.63, 3.8) is 0 Å². The average molecular weight is 285 g/mol. The molecule has 0 aromatic heterocycles. The van der Waals surface area contributed by atoms with E-state index in [0.717, 1.165) is 0 Å². The molecular formula is C12H19N3O5. The predicted octanol–water partition coefficient (Wildman–Crippen LogP) is 1.69. The van der Waals surface area contributed by atoms with Crippen molar-refractivity contribution < 1.29 is 23.7 Å². The third kappa shape index (κ3) is 2.39. The zero-order valence-electron chi connectivity index (χ0n) is 12.0. The molecular weight excluding hydrogens is 266 g/mol. The smallest absolute Gasteiger partial charge is 0.190 e. The molecule has 0 aliphatic carbocycles. The summed E-state index contributed by atoms with van der Waals surface area (Å²) in [7, 11) is 0. The minimum Gasteiger partial charge on any atom is -0.344 e. The van der Waals surface area contributed by atoms with Gasteiger partial charge in [0.1, 0.15) is 18.3 Å². The lowest BCUT2D eigenvalue weighted by molar-refractivity contribution is -0.231. The highest BCUT2D eigenvalue weighted by atomic mass is 16.9. The number of hydrogen-bond donors (Lipinski definition) is 0. The van der Waals surface area contributed by atoms with Crippen molar-refractivity contribution in [1.29, 1.82) is 0 Å². The number of ether oxygens (including phenoxy) is 5. The van der Waals surface area contributed by atoms with Crippen LogP contribution in [0.15, 0.2) is 5.11 Å². The molecule has 0 N–H and O–H groups in total. The molecule has 0 spiro atoms. The van der Waals surface area contributed by atoms with Crippen LogP contribution in [0.3, 0.4) is 0 Å². The Bertz CT molecular complexity index is 448. The lowest BCUT2D eigenvalue weighted by Gasteiger charge is -2.36. The lowest BCUT2D eigenvalue weighted by Crippen LogP contribution is -2.55. The van der Waals surface area contributed by atoms with Crippen molar-refractivity contribution in [3.05, 3.63) is 10.4 Å². The summed E-state index contributed by atoms with van der Waals surface area (Å²) < 4.78 is 29.2. The quantitative estimate of drug-likeness (QED) is 0.437. The first-order valence-corrected chi connectivity index (χ1v) is 6.69. The van der Waals surface area contributed by atoms with Gasteiger partial charge in [-0.3, -0.25) is 0 Å². The predicted molar refractivity (Wildman–Crippen MR) is 66.5 cm³/mol. The lowest BCUT2D eigenvalue weighted by atomic mass is 9.99. The normalized spacial score (nSPS) is 44.5. The van der Waals surface area contributed by atoms with Crippen LogP contribution in [0.25, 0.3) is 10.4 Å². The SMILES string of the molecule is CC1(C)O[C@H]2[C@@H](O1)[C@@H](CN=[N+]=[N-])O[C@H]1OC(C)(C)O[C@@H]12. The van der Waals surface area contributed by atoms with E-state index in [4.69, 9.17) is 29.2 Å². The molecule has 3 rings (SSSR count). The first kappa shape index (κ1) is 14.1. The highest BCUT2D eigenvalue weighted by Gasteiger charge is 2.60. The van der Waals surface area contributed by atoms with Crippen LogP contribution in [0.1, 0.15) is 27.7 Å². The third-order valence-electron chi connectivity index (χ3n) is 3.58. The van der Waals surface area contributed by atoms with Crippen molar-refractivity contribution in [2.45, 2.75) is 70.0 Å². The maximum absolute atomic E-state index is 8.49. The van der Waals surface area contributed by atoms with Crippen LogP contribution in [0, 0.1) is 0 Å². The molecule has 0 aromatic rings. The molecule has 3 heterocycles. The van der Waals surface area contributed by atoms with Gasteiger partial charge in [-0.05, 0) is 33.2 Å². The van der Waals surface area contributed by atoms with Gasteiger partial charge >= 0.3 is 0 Å². The van der Waals surface area contributed by atoms with E-state index >= 15 is 0 Å². The van der Waals surface area contributed by atoms with Crippen LogP contribution < -0.4 is 0 Å². The van der Waals surface area contributed by atoms with Gasteiger partial charge in [0.15, 0.2) is 17.9 Å². The molecule has 8 heteroatoms. The monoisotopic (exact) mass is 285 g/mol. The molecule has 8 nitrogen and oxygen atoms in total. The van der Waals surface area contributed by atoms with E-state index < -0.39 is 24.0 Å². The molecule has 0 amide bonds. The Hall–Kier alpha value is -0.890. The highest BCUT2D eigenvalue weighted by molar-refractivity contribution is 5.00. The number of fused-ring (bicyclic) bond motifs is 3. The summed E-state index contributed by atoms with van der Waals surface area (Å²) in [5.74, 6) is -1.46. The van der Waals surface area contributed by atoms with Gasteiger partial charge < -0.3 is 23.7 Å². The molecule has 0 saturated carbocycles. The maximum atomic E-state index is 8.49. The Kier molecular flexibility index (Phi) is 3.20. The van der Waals surface area contributed by atoms with Crippen molar-refractivity contribution in [3.8, 4) is 0 Å². The van der Waals surface area contributed by atoms with E-state index in [1.54, 1.807) is 0 Å². The Morgan fingerprint density at radius 2 is 1.55 bits per heavy atom. The third-order valence-corrected chi connectivity index (χ3v) is 3.58. The molecule has 20 heavy (non-hydrogen) atoms. The molecule has 3 aliphatic rings. The summed E-state index contributed by atoms with van der Waals surface area (Å²) in [5, 5.41) is 3.58. The van der Waals surface area contributed by atoms with E-state index in [-0.39, 0.29) is 24.9 Å². The van der Waals surface area contributed by atoms with Crippen molar-refractivity contribution in [2.24, 2.45) is 5.11 Å². The summed E-state index contributed by atoms with van der Waals surface area (Å²) in [6.07, 6.45) is -1.93. The Morgan fingerprint density at radius 1 is 0.950 bits per heavy atom. The number of azide groups is 1. The van der Waals surface area contributed by atoms with Crippen LogP contribution in [-0.2, 0) is 23.7 Å². The van der Waals surface area contributed by atoms with Gasteiger partial charge in [0.2, 0.25) is 0 Å². The second-order valence-corrected chi connectivity index (χ2v) is 6.12. The van der Waals surface area contributed by atoms with Crippen molar-refractivity contribution in [1.82, 2.24) is 0 Å². The van der Waals surface area contributed by atoms with Gasteiger partial charge in [-0.25, -0.2) is 0 Å². The highest BCUT2D eigenvalue weighted by Crippen LogP contribution is 2.44. The number of hydrogen-bond acceptors (Lipinski definition) is 6. The molecule has 3 saturated heterocycles. The zero-order chi connectivity index (χ0) is 14.5. The van der Waals surface area contributed by atoms with Gasteiger partial charge in [-0.1, -0.05) is 5.11 Å². The molecule has 5 atom stereocenters. The summed E-state index contributed by atoms with van der Waals surface area (Å²) in [6.45, 7) is 7.50. The minimum absolute atomic E-state index is 0.171. The fourth-order valence-corrected chi connectivity index (χ4v) is 2.96. The molecule has 3 aliphatic heterocycles. The van der Waals surface area contributed by atoms with Crippen LogP contribution in [0.5, 0.6) is 0 Å². The van der Waals surface area contributed by atoms with Crippen LogP contribution in [0.4, 0.5) is 0 Å². The molecule has 0 radical (unpaired) electrons. The van der Waals surface area contributed by atoms with Gasteiger partial charge in [0, 0.05) is 4.91 Å². The van der Waals surface area contributed by atoms with E-state index in [1.807, 2.05) is 27.7 Å². The molecule has 0 aromatic carbocycles. The van der Waals surface area contributed by atoms with Gasteiger partial charge in [0.25, 0.3) is 0 Å². The topological polar surface area (TPSA) is 94.9 Å². The standard InChI is InChI=1S/C12H19N3O5/c1-11(2)17-7-6(5-14-15-13)16-10-9(8(7)18-11)19-12(3,4)20-10/h6-10H,5H2,1-4H3/t6-,7+,8+,9-,10+/m1/s1. The second kappa shape index (κ2) is 4.56. The Balaban J connectivity index is 1.85. The van der Waals surface area contributed by atoms with Crippen LogP contribution >= 0.6 is 0 Å². The van der Waals surface area contributed by atoms with Crippen molar-refractivity contribution >= 4 is 0 Å². The van der Waals surface area contributed by atoms with E-state index in [2.05, 4.69) is 10.0 Å². The second-order valence-electron chi connectivity index (χ2n) is 6.12. The number of nitrogens with zero attached hydrogens (tertiary/aromatic N) is 3. The first-order valence-electron chi connectivity index (χ1n) is 6.69. The van der Waals surface area contributed by atoms with Crippen LogP contribution in [-0.4, -0.2) is 48.8 Å². The van der Waals surface area contributed by atoms with E-state index in [1.165, 1.54) is 0 Å². The summed E-state index contributed by atoms with van der Waals surface area (Å²) in [5.41, 5.74) is 8.49. The maximum Gasteiger partial charge on any atom is 0.190 e. The summed E-state index contributed by atoms with van der Waals surface area (Å²) >= 11 is 0.